The average Bonchev–Trinajstić information content (AvgIpc) is 2.29. The van der Waals surface area contributed by atoms with Crippen LogP contribution in [0.4, 0.5) is 0 Å². The zero-order valence-electron chi connectivity index (χ0n) is 10.2. The van der Waals surface area contributed by atoms with Crippen molar-refractivity contribution in [3.63, 3.8) is 0 Å². The van der Waals surface area contributed by atoms with Crippen molar-refractivity contribution >= 4 is 5.91 Å². The highest BCUT2D eigenvalue weighted by Gasteiger charge is 2.21. The molecule has 92 valence electrons. The van der Waals surface area contributed by atoms with Gasteiger partial charge >= 0.3 is 0 Å². The molecule has 1 aliphatic rings. The van der Waals surface area contributed by atoms with Crippen LogP contribution in [0.15, 0.2) is 18.3 Å². The van der Waals surface area contributed by atoms with Crippen LogP contribution in [0.1, 0.15) is 30.0 Å². The average molecular weight is 233 g/mol. The SMILES string of the molecule is Cc1cc(C2CCN(CC(N)=O)CC2)ccn1. The van der Waals surface area contributed by atoms with Crippen LogP contribution in [0.5, 0.6) is 0 Å². The molecule has 0 bridgehead atoms. The van der Waals surface area contributed by atoms with Gasteiger partial charge in [-0.1, -0.05) is 0 Å². The summed E-state index contributed by atoms with van der Waals surface area (Å²) in [4.78, 5) is 17.2. The highest BCUT2D eigenvalue weighted by atomic mass is 16.1. The van der Waals surface area contributed by atoms with E-state index in [1.807, 2.05) is 13.1 Å². The lowest BCUT2D eigenvalue weighted by molar-refractivity contribution is -0.119. The molecule has 2 heterocycles. The molecule has 0 unspecified atom stereocenters. The third-order valence-electron chi connectivity index (χ3n) is 3.36. The Morgan fingerprint density at radius 1 is 1.53 bits per heavy atom. The Morgan fingerprint density at radius 3 is 2.82 bits per heavy atom. The number of nitrogens with two attached hydrogens (primary N) is 1. The first-order valence-electron chi connectivity index (χ1n) is 6.08. The van der Waals surface area contributed by atoms with Crippen molar-refractivity contribution < 1.29 is 4.79 Å². The minimum absolute atomic E-state index is 0.233. The zero-order valence-corrected chi connectivity index (χ0v) is 10.2. The van der Waals surface area contributed by atoms with Crippen molar-refractivity contribution in [1.82, 2.24) is 9.88 Å². The highest BCUT2D eigenvalue weighted by Crippen LogP contribution is 2.27. The summed E-state index contributed by atoms with van der Waals surface area (Å²) in [7, 11) is 0. The molecule has 0 saturated carbocycles. The molecule has 1 aliphatic heterocycles. The van der Waals surface area contributed by atoms with Gasteiger partial charge in [0.2, 0.25) is 5.91 Å². The molecule has 0 atom stereocenters. The number of hydrogen-bond acceptors (Lipinski definition) is 3. The number of aromatic nitrogens is 1. The first kappa shape index (κ1) is 12.0. The number of aryl methyl sites for hydroxylation is 1. The van der Waals surface area contributed by atoms with E-state index in [1.165, 1.54) is 5.56 Å². The number of piperidine rings is 1. The van der Waals surface area contributed by atoms with E-state index in [0.29, 0.717) is 12.5 Å². The second kappa shape index (κ2) is 5.27. The van der Waals surface area contributed by atoms with E-state index in [9.17, 15) is 4.79 Å². The zero-order chi connectivity index (χ0) is 12.3. The summed E-state index contributed by atoms with van der Waals surface area (Å²) in [6.07, 6.45) is 4.06. The fourth-order valence-corrected chi connectivity index (χ4v) is 2.47. The standard InChI is InChI=1S/C13H19N3O/c1-10-8-12(2-5-15-10)11-3-6-16(7-4-11)9-13(14)17/h2,5,8,11H,3-4,6-7,9H2,1H3,(H2,14,17). The number of amides is 1. The van der Waals surface area contributed by atoms with E-state index in [-0.39, 0.29) is 5.91 Å². The number of rotatable bonds is 3. The van der Waals surface area contributed by atoms with Crippen LogP contribution in [0.3, 0.4) is 0 Å². The molecule has 0 spiro atoms. The number of nitrogens with zero attached hydrogens (tertiary/aromatic N) is 2. The lowest BCUT2D eigenvalue weighted by atomic mass is 9.89. The van der Waals surface area contributed by atoms with Crippen molar-refractivity contribution in [1.29, 1.82) is 0 Å². The minimum atomic E-state index is -0.233. The summed E-state index contributed by atoms with van der Waals surface area (Å²) in [5, 5.41) is 0. The van der Waals surface area contributed by atoms with Crippen LogP contribution in [0.2, 0.25) is 0 Å². The first-order chi connectivity index (χ1) is 8.15. The molecule has 2 N–H and O–H groups in total. The van der Waals surface area contributed by atoms with Gasteiger partial charge < -0.3 is 5.73 Å². The van der Waals surface area contributed by atoms with Crippen LogP contribution in [-0.2, 0) is 4.79 Å². The van der Waals surface area contributed by atoms with Crippen molar-refractivity contribution in [3.05, 3.63) is 29.6 Å². The molecule has 4 heteroatoms. The second-order valence-electron chi connectivity index (χ2n) is 4.75. The molecule has 1 amide bonds. The van der Waals surface area contributed by atoms with Gasteiger partial charge in [0.1, 0.15) is 0 Å². The number of likely N-dealkylation sites (tertiary alicyclic amines) is 1. The summed E-state index contributed by atoms with van der Waals surface area (Å²) in [5.41, 5.74) is 7.64. The third kappa shape index (κ3) is 3.27. The van der Waals surface area contributed by atoms with E-state index in [4.69, 9.17) is 5.73 Å². The molecule has 17 heavy (non-hydrogen) atoms. The van der Waals surface area contributed by atoms with Crippen LogP contribution in [0, 0.1) is 6.92 Å². The monoisotopic (exact) mass is 233 g/mol. The Morgan fingerprint density at radius 2 is 2.24 bits per heavy atom. The summed E-state index contributed by atoms with van der Waals surface area (Å²) in [6.45, 7) is 4.32. The Kier molecular flexibility index (Phi) is 3.74. The predicted molar refractivity (Wildman–Crippen MR) is 66.6 cm³/mol. The largest absolute Gasteiger partial charge is 0.369 e. The lowest BCUT2D eigenvalue weighted by Gasteiger charge is -2.31. The maximum atomic E-state index is 10.8. The number of pyridine rings is 1. The van der Waals surface area contributed by atoms with Crippen LogP contribution >= 0.6 is 0 Å². The van der Waals surface area contributed by atoms with Gasteiger partial charge in [-0.3, -0.25) is 14.7 Å². The van der Waals surface area contributed by atoms with E-state index < -0.39 is 0 Å². The van der Waals surface area contributed by atoms with Crippen molar-refractivity contribution in [2.24, 2.45) is 5.73 Å². The molecule has 0 aromatic carbocycles. The maximum absolute atomic E-state index is 10.8. The van der Waals surface area contributed by atoms with Crippen LogP contribution in [-0.4, -0.2) is 35.4 Å². The fourth-order valence-electron chi connectivity index (χ4n) is 2.47. The van der Waals surface area contributed by atoms with Gasteiger partial charge in [0.15, 0.2) is 0 Å². The highest BCUT2D eigenvalue weighted by molar-refractivity contribution is 5.75. The Bertz CT molecular complexity index is 397. The van der Waals surface area contributed by atoms with E-state index in [2.05, 4.69) is 22.0 Å². The number of primary amides is 1. The Hall–Kier alpha value is -1.42. The van der Waals surface area contributed by atoms with Gasteiger partial charge in [0, 0.05) is 11.9 Å². The molecule has 2 rings (SSSR count). The normalized spacial score (nSPS) is 18.2. The molecule has 1 aromatic rings. The van der Waals surface area contributed by atoms with Gasteiger partial charge in [0.05, 0.1) is 6.54 Å². The summed E-state index contributed by atoms with van der Waals surface area (Å²) >= 11 is 0. The molecule has 1 fully saturated rings. The first-order valence-corrected chi connectivity index (χ1v) is 6.08. The molecule has 4 nitrogen and oxygen atoms in total. The number of carbonyl (C=O) groups is 1. The second-order valence-corrected chi connectivity index (χ2v) is 4.75. The van der Waals surface area contributed by atoms with Crippen molar-refractivity contribution in [2.75, 3.05) is 19.6 Å². The van der Waals surface area contributed by atoms with Gasteiger partial charge in [-0.25, -0.2) is 0 Å². The maximum Gasteiger partial charge on any atom is 0.231 e. The molecular formula is C13H19N3O. The molecule has 0 radical (unpaired) electrons. The lowest BCUT2D eigenvalue weighted by Crippen LogP contribution is -2.39. The quantitative estimate of drug-likeness (QED) is 0.849. The number of carbonyl (C=O) groups excluding carboxylic acids is 1. The Balaban J connectivity index is 1.93. The molecule has 1 saturated heterocycles. The number of hydrogen-bond donors (Lipinski definition) is 1. The Labute approximate surface area is 102 Å². The van der Waals surface area contributed by atoms with Crippen molar-refractivity contribution in [2.45, 2.75) is 25.7 Å². The smallest absolute Gasteiger partial charge is 0.231 e. The van der Waals surface area contributed by atoms with E-state index in [0.717, 1.165) is 31.6 Å². The summed E-state index contributed by atoms with van der Waals surface area (Å²) in [5.74, 6) is 0.365. The fraction of sp³-hybridized carbons (Fsp3) is 0.538. The van der Waals surface area contributed by atoms with Gasteiger partial charge in [-0.05, 0) is 56.5 Å². The summed E-state index contributed by atoms with van der Waals surface area (Å²) < 4.78 is 0. The van der Waals surface area contributed by atoms with Gasteiger partial charge in [-0.2, -0.15) is 0 Å². The molecule has 1 aromatic heterocycles. The predicted octanol–water partition coefficient (Wildman–Crippen LogP) is 1.05. The molecular weight excluding hydrogens is 214 g/mol. The minimum Gasteiger partial charge on any atom is -0.369 e. The molecule has 0 aliphatic carbocycles. The van der Waals surface area contributed by atoms with E-state index >= 15 is 0 Å². The third-order valence-corrected chi connectivity index (χ3v) is 3.36. The van der Waals surface area contributed by atoms with Crippen LogP contribution in [0.25, 0.3) is 0 Å². The van der Waals surface area contributed by atoms with Crippen LogP contribution < -0.4 is 5.73 Å². The van der Waals surface area contributed by atoms with E-state index in [1.54, 1.807) is 0 Å². The summed E-state index contributed by atoms with van der Waals surface area (Å²) in [6, 6.07) is 4.26. The van der Waals surface area contributed by atoms with Gasteiger partial charge in [0.25, 0.3) is 0 Å². The van der Waals surface area contributed by atoms with Gasteiger partial charge in [-0.15, -0.1) is 0 Å². The topological polar surface area (TPSA) is 59.2 Å². The van der Waals surface area contributed by atoms with Crippen molar-refractivity contribution in [3.8, 4) is 0 Å².